The van der Waals surface area contributed by atoms with E-state index in [9.17, 15) is 19.7 Å². The number of aromatic nitrogens is 2. The Morgan fingerprint density at radius 3 is 2.66 bits per heavy atom. The zero-order valence-electron chi connectivity index (χ0n) is 17.6. The van der Waals surface area contributed by atoms with Crippen molar-refractivity contribution in [3.8, 4) is 0 Å². The Bertz CT molecular complexity index is 1190. The molecule has 0 radical (unpaired) electrons. The molecule has 10 heteroatoms. The van der Waals surface area contributed by atoms with Crippen LogP contribution in [0.4, 0.5) is 16.5 Å². The molecule has 164 valence electrons. The first-order chi connectivity index (χ1) is 15.3. The summed E-state index contributed by atoms with van der Waals surface area (Å²) >= 11 is 1.22. The molecular formula is C22H21N5O4S. The molecule has 0 aliphatic carbocycles. The lowest BCUT2D eigenvalue weighted by Crippen LogP contribution is -2.24. The average molecular weight is 452 g/mol. The minimum absolute atomic E-state index is 0.0252. The number of nitrogens with zero attached hydrogens (tertiary/aromatic N) is 4. The summed E-state index contributed by atoms with van der Waals surface area (Å²) < 4.78 is 0. The van der Waals surface area contributed by atoms with Gasteiger partial charge in [-0.05, 0) is 37.1 Å². The van der Waals surface area contributed by atoms with Gasteiger partial charge in [-0.3, -0.25) is 19.7 Å². The summed E-state index contributed by atoms with van der Waals surface area (Å²) in [5, 5.41) is 23.0. The van der Waals surface area contributed by atoms with Gasteiger partial charge in [-0.15, -0.1) is 10.2 Å². The second-order valence-electron chi connectivity index (χ2n) is 7.81. The van der Waals surface area contributed by atoms with Gasteiger partial charge in [-0.25, -0.2) is 0 Å². The quantitative estimate of drug-likeness (QED) is 0.450. The number of para-hydroxylation sites is 1. The number of amides is 2. The van der Waals surface area contributed by atoms with Crippen molar-refractivity contribution >= 4 is 39.7 Å². The number of nitro groups is 1. The van der Waals surface area contributed by atoms with E-state index in [1.165, 1.54) is 17.4 Å². The highest BCUT2D eigenvalue weighted by Gasteiger charge is 2.34. The normalized spacial score (nSPS) is 15.8. The minimum atomic E-state index is -0.510. The van der Waals surface area contributed by atoms with Gasteiger partial charge >= 0.3 is 0 Å². The smallest absolute Gasteiger partial charge is 0.273 e. The zero-order valence-corrected chi connectivity index (χ0v) is 18.4. The third kappa shape index (κ3) is 4.65. The van der Waals surface area contributed by atoms with Crippen molar-refractivity contribution in [2.75, 3.05) is 16.8 Å². The molecule has 1 unspecified atom stereocenters. The average Bonchev–Trinajstić information content (AvgIpc) is 3.34. The molecule has 1 saturated heterocycles. The fourth-order valence-electron chi connectivity index (χ4n) is 3.85. The number of nitro benzene ring substituents is 1. The van der Waals surface area contributed by atoms with Gasteiger partial charge in [0.2, 0.25) is 16.9 Å². The number of carbonyl (C=O) groups is 2. The molecule has 1 aromatic heterocycles. The Labute approximate surface area is 188 Å². The lowest BCUT2D eigenvalue weighted by atomic mass is 10.1. The summed E-state index contributed by atoms with van der Waals surface area (Å²) in [7, 11) is 0. The van der Waals surface area contributed by atoms with Gasteiger partial charge in [0.25, 0.3) is 5.69 Å². The maximum atomic E-state index is 12.6. The molecule has 3 aromatic rings. The Balaban J connectivity index is 1.42. The largest absolute Gasteiger partial charge is 0.312 e. The molecule has 4 rings (SSSR count). The fourth-order valence-corrected chi connectivity index (χ4v) is 4.70. The number of hydrogen-bond donors (Lipinski definition) is 1. The molecule has 32 heavy (non-hydrogen) atoms. The molecule has 0 saturated carbocycles. The number of aryl methyl sites for hydroxylation is 2. The van der Waals surface area contributed by atoms with Crippen molar-refractivity contribution in [3.63, 3.8) is 0 Å². The Morgan fingerprint density at radius 2 is 1.94 bits per heavy atom. The standard InChI is InChI=1S/C22H21N5O4S/c1-13-7-14(2)9-17(8-13)26-12-16(11-20(26)29)21-24-25-22(32-21)23-19(28)10-15-5-3-4-6-18(15)27(30)31/h3-9,16H,10-12H2,1-2H3,(H,23,25,28). The molecule has 2 aromatic carbocycles. The van der Waals surface area contributed by atoms with E-state index >= 15 is 0 Å². The molecule has 2 amide bonds. The molecule has 1 fully saturated rings. The summed E-state index contributed by atoms with van der Waals surface area (Å²) in [5.41, 5.74) is 3.28. The van der Waals surface area contributed by atoms with Crippen molar-refractivity contribution in [2.45, 2.75) is 32.6 Å². The topological polar surface area (TPSA) is 118 Å². The van der Waals surface area contributed by atoms with E-state index in [1.54, 1.807) is 23.1 Å². The third-order valence-corrected chi connectivity index (χ3v) is 6.22. The van der Waals surface area contributed by atoms with Crippen molar-refractivity contribution in [3.05, 3.63) is 74.3 Å². The molecule has 2 heterocycles. The van der Waals surface area contributed by atoms with Crippen LogP contribution in [0.15, 0.2) is 42.5 Å². The van der Waals surface area contributed by atoms with Crippen molar-refractivity contribution < 1.29 is 14.5 Å². The first-order valence-electron chi connectivity index (χ1n) is 10.0. The van der Waals surface area contributed by atoms with E-state index in [0.717, 1.165) is 16.8 Å². The van der Waals surface area contributed by atoms with Crippen LogP contribution in [0, 0.1) is 24.0 Å². The molecule has 1 atom stereocenters. The number of benzene rings is 2. The highest BCUT2D eigenvalue weighted by Crippen LogP contribution is 2.35. The van der Waals surface area contributed by atoms with Gasteiger partial charge in [-0.1, -0.05) is 35.6 Å². The highest BCUT2D eigenvalue weighted by atomic mass is 32.1. The van der Waals surface area contributed by atoms with Crippen LogP contribution in [0.5, 0.6) is 0 Å². The fraction of sp³-hybridized carbons (Fsp3) is 0.273. The number of carbonyl (C=O) groups excluding carboxylic acids is 2. The second kappa shape index (κ2) is 8.83. The number of hydrogen-bond acceptors (Lipinski definition) is 7. The molecule has 9 nitrogen and oxygen atoms in total. The molecule has 1 aliphatic heterocycles. The van der Waals surface area contributed by atoms with Crippen LogP contribution in [-0.4, -0.2) is 33.5 Å². The monoisotopic (exact) mass is 451 g/mol. The van der Waals surface area contributed by atoms with Crippen molar-refractivity contribution in [1.29, 1.82) is 0 Å². The highest BCUT2D eigenvalue weighted by molar-refractivity contribution is 7.15. The molecule has 0 spiro atoms. The summed E-state index contributed by atoms with van der Waals surface area (Å²) in [6.45, 7) is 4.50. The van der Waals surface area contributed by atoms with Crippen LogP contribution in [0.3, 0.4) is 0 Å². The SMILES string of the molecule is Cc1cc(C)cc(N2CC(c3nnc(NC(=O)Cc4ccccc4[N+](=O)[O-])s3)CC2=O)c1. The van der Waals surface area contributed by atoms with Crippen LogP contribution >= 0.6 is 11.3 Å². The van der Waals surface area contributed by atoms with E-state index in [-0.39, 0.29) is 23.9 Å². The lowest BCUT2D eigenvalue weighted by Gasteiger charge is -2.17. The molecular weight excluding hydrogens is 430 g/mol. The summed E-state index contributed by atoms with van der Waals surface area (Å²) in [5.74, 6) is -0.500. The minimum Gasteiger partial charge on any atom is -0.312 e. The summed E-state index contributed by atoms with van der Waals surface area (Å²) in [6, 6.07) is 12.2. The maximum absolute atomic E-state index is 12.6. The van der Waals surface area contributed by atoms with E-state index in [2.05, 4.69) is 21.6 Å². The second-order valence-corrected chi connectivity index (χ2v) is 8.82. The molecule has 0 bridgehead atoms. The van der Waals surface area contributed by atoms with E-state index in [0.29, 0.717) is 28.7 Å². The molecule has 1 aliphatic rings. The Kier molecular flexibility index (Phi) is 5.95. The maximum Gasteiger partial charge on any atom is 0.273 e. The van der Waals surface area contributed by atoms with Crippen LogP contribution in [0.25, 0.3) is 0 Å². The van der Waals surface area contributed by atoms with Gasteiger partial charge in [0.1, 0.15) is 5.01 Å². The first-order valence-corrected chi connectivity index (χ1v) is 10.9. The lowest BCUT2D eigenvalue weighted by molar-refractivity contribution is -0.385. The van der Waals surface area contributed by atoms with Gasteiger partial charge in [0, 0.05) is 36.2 Å². The zero-order chi connectivity index (χ0) is 22.8. The van der Waals surface area contributed by atoms with Gasteiger partial charge in [0.15, 0.2) is 0 Å². The van der Waals surface area contributed by atoms with Crippen LogP contribution < -0.4 is 10.2 Å². The molecule has 1 N–H and O–H groups in total. The van der Waals surface area contributed by atoms with Gasteiger partial charge in [0.05, 0.1) is 11.3 Å². The predicted octanol–water partition coefficient (Wildman–Crippen LogP) is 3.76. The number of nitrogens with one attached hydrogen (secondary N) is 1. The van der Waals surface area contributed by atoms with E-state index < -0.39 is 10.8 Å². The first kappa shape index (κ1) is 21.6. The summed E-state index contributed by atoms with van der Waals surface area (Å²) in [4.78, 5) is 37.4. The van der Waals surface area contributed by atoms with Crippen LogP contribution in [-0.2, 0) is 16.0 Å². The third-order valence-electron chi connectivity index (χ3n) is 5.22. The van der Waals surface area contributed by atoms with Gasteiger partial charge in [-0.2, -0.15) is 0 Å². The Morgan fingerprint density at radius 1 is 1.22 bits per heavy atom. The number of anilines is 2. The number of rotatable bonds is 6. The van der Waals surface area contributed by atoms with Crippen LogP contribution in [0.1, 0.15) is 34.0 Å². The van der Waals surface area contributed by atoms with Crippen molar-refractivity contribution in [2.24, 2.45) is 0 Å². The van der Waals surface area contributed by atoms with Crippen molar-refractivity contribution in [1.82, 2.24) is 10.2 Å². The van der Waals surface area contributed by atoms with E-state index in [4.69, 9.17) is 0 Å². The Hall–Kier alpha value is -3.66. The van der Waals surface area contributed by atoms with Crippen LogP contribution in [0.2, 0.25) is 0 Å². The van der Waals surface area contributed by atoms with Gasteiger partial charge < -0.3 is 10.2 Å². The van der Waals surface area contributed by atoms with E-state index in [1.807, 2.05) is 26.0 Å². The predicted molar refractivity (Wildman–Crippen MR) is 121 cm³/mol. The summed E-state index contributed by atoms with van der Waals surface area (Å²) in [6.07, 6.45) is 0.181.